The van der Waals surface area contributed by atoms with Crippen LogP contribution in [0.15, 0.2) is 10.2 Å². The van der Waals surface area contributed by atoms with E-state index in [0.717, 1.165) is 24.2 Å². The Morgan fingerprint density at radius 3 is 2.68 bits per heavy atom. The van der Waals surface area contributed by atoms with E-state index in [0.29, 0.717) is 12.1 Å². The largest absolute Gasteiger partial charge is 0.480 e. The Morgan fingerprint density at radius 1 is 1.53 bits per heavy atom. The standard InChI is InChI=1S/C12H18N2O4S/c1-3-4-5-9(11(16)17)13-10(15)6-14-8(2)7-19-12(14)18/h7,9H,3-6H2,1-2H3,(H,13,15)(H,16,17)/t9-/m0/s1. The maximum Gasteiger partial charge on any atom is 0.326 e. The lowest BCUT2D eigenvalue weighted by Gasteiger charge is -2.14. The first-order chi connectivity index (χ1) is 8.95. The van der Waals surface area contributed by atoms with Gasteiger partial charge in [0.1, 0.15) is 12.6 Å². The highest BCUT2D eigenvalue weighted by atomic mass is 32.1. The van der Waals surface area contributed by atoms with E-state index in [1.165, 1.54) is 4.57 Å². The molecule has 0 aliphatic carbocycles. The minimum absolute atomic E-state index is 0.135. The molecule has 106 valence electrons. The van der Waals surface area contributed by atoms with Crippen LogP contribution in [-0.4, -0.2) is 27.6 Å². The average molecular weight is 286 g/mol. The summed E-state index contributed by atoms with van der Waals surface area (Å²) in [4.78, 5) is 34.0. The molecule has 0 saturated heterocycles. The molecule has 7 heteroatoms. The number of aromatic nitrogens is 1. The van der Waals surface area contributed by atoms with Crippen molar-refractivity contribution in [3.8, 4) is 0 Å². The molecule has 1 heterocycles. The normalized spacial score (nSPS) is 12.1. The molecular formula is C12H18N2O4S. The van der Waals surface area contributed by atoms with Crippen molar-refractivity contribution in [2.75, 3.05) is 0 Å². The molecule has 0 saturated carbocycles. The SMILES string of the molecule is CCCC[C@H](NC(=O)Cn1c(C)csc1=O)C(=O)O. The van der Waals surface area contributed by atoms with Crippen LogP contribution in [0.3, 0.4) is 0 Å². The molecule has 19 heavy (non-hydrogen) atoms. The minimum Gasteiger partial charge on any atom is -0.480 e. The highest BCUT2D eigenvalue weighted by molar-refractivity contribution is 7.07. The molecule has 0 bridgehead atoms. The van der Waals surface area contributed by atoms with Crippen molar-refractivity contribution in [1.29, 1.82) is 0 Å². The first-order valence-corrected chi connectivity index (χ1v) is 7.00. The van der Waals surface area contributed by atoms with E-state index in [1.54, 1.807) is 12.3 Å². The lowest BCUT2D eigenvalue weighted by atomic mass is 10.1. The Balaban J connectivity index is 2.63. The van der Waals surface area contributed by atoms with Gasteiger partial charge in [-0.2, -0.15) is 0 Å². The summed E-state index contributed by atoms with van der Waals surface area (Å²) in [5, 5.41) is 13.1. The molecule has 1 aromatic rings. The van der Waals surface area contributed by atoms with Crippen molar-refractivity contribution in [1.82, 2.24) is 9.88 Å². The first kappa shape index (κ1) is 15.4. The Labute approximate surface area is 115 Å². The zero-order valence-corrected chi connectivity index (χ0v) is 11.8. The third-order valence-electron chi connectivity index (χ3n) is 2.76. The molecule has 0 fully saturated rings. The quantitative estimate of drug-likeness (QED) is 0.782. The van der Waals surface area contributed by atoms with E-state index in [9.17, 15) is 14.4 Å². The predicted octanol–water partition coefficient (Wildman–Crippen LogP) is 0.978. The highest BCUT2D eigenvalue weighted by Crippen LogP contribution is 2.02. The molecule has 0 radical (unpaired) electrons. The first-order valence-electron chi connectivity index (χ1n) is 6.12. The average Bonchev–Trinajstić information content (AvgIpc) is 2.66. The van der Waals surface area contributed by atoms with Gasteiger partial charge in [0.15, 0.2) is 0 Å². The molecule has 1 rings (SSSR count). The fourth-order valence-electron chi connectivity index (χ4n) is 1.65. The third-order valence-corrected chi connectivity index (χ3v) is 3.64. The number of aryl methyl sites for hydroxylation is 1. The molecule has 6 nitrogen and oxygen atoms in total. The zero-order valence-electron chi connectivity index (χ0n) is 11.0. The molecule has 0 aliphatic heterocycles. The summed E-state index contributed by atoms with van der Waals surface area (Å²) in [6.07, 6.45) is 1.99. The van der Waals surface area contributed by atoms with Gasteiger partial charge in [0.05, 0.1) is 0 Å². The number of hydrogen-bond acceptors (Lipinski definition) is 4. The summed E-state index contributed by atoms with van der Waals surface area (Å²) in [5.74, 6) is -1.50. The van der Waals surface area contributed by atoms with Crippen LogP contribution in [0.5, 0.6) is 0 Å². The van der Waals surface area contributed by atoms with Crippen LogP contribution in [0.25, 0.3) is 0 Å². The van der Waals surface area contributed by atoms with E-state index < -0.39 is 17.9 Å². The van der Waals surface area contributed by atoms with Crippen LogP contribution in [0.2, 0.25) is 0 Å². The number of carbonyl (C=O) groups is 2. The lowest BCUT2D eigenvalue weighted by Crippen LogP contribution is -2.43. The number of unbranched alkanes of at least 4 members (excludes halogenated alkanes) is 1. The van der Waals surface area contributed by atoms with Gasteiger partial charge in [0, 0.05) is 11.1 Å². The summed E-state index contributed by atoms with van der Waals surface area (Å²) in [5.41, 5.74) is 0.700. The van der Waals surface area contributed by atoms with Gasteiger partial charge in [-0.15, -0.1) is 0 Å². The van der Waals surface area contributed by atoms with Gasteiger partial charge in [0.2, 0.25) is 5.91 Å². The van der Waals surface area contributed by atoms with E-state index in [-0.39, 0.29) is 11.4 Å². The number of thiazole rings is 1. The Kier molecular flexibility index (Phi) is 5.75. The number of nitrogens with one attached hydrogen (secondary N) is 1. The minimum atomic E-state index is -1.05. The van der Waals surface area contributed by atoms with Crippen molar-refractivity contribution < 1.29 is 14.7 Å². The summed E-state index contributed by atoms with van der Waals surface area (Å²) in [6, 6.07) is -0.887. The molecule has 1 amide bonds. The predicted molar refractivity (Wildman–Crippen MR) is 72.4 cm³/mol. The molecule has 0 spiro atoms. The van der Waals surface area contributed by atoms with Gasteiger partial charge >= 0.3 is 10.8 Å². The molecule has 0 aromatic carbocycles. The maximum atomic E-state index is 11.8. The number of aliphatic carboxylic acids is 1. The number of nitrogens with zero attached hydrogens (tertiary/aromatic N) is 1. The van der Waals surface area contributed by atoms with E-state index >= 15 is 0 Å². The fraction of sp³-hybridized carbons (Fsp3) is 0.583. The summed E-state index contributed by atoms with van der Waals surface area (Å²) in [6.45, 7) is 3.55. The van der Waals surface area contributed by atoms with Gasteiger partial charge in [-0.1, -0.05) is 31.1 Å². The summed E-state index contributed by atoms with van der Waals surface area (Å²) < 4.78 is 1.33. The summed E-state index contributed by atoms with van der Waals surface area (Å²) in [7, 11) is 0. The fourth-order valence-corrected chi connectivity index (χ4v) is 2.38. The Morgan fingerprint density at radius 2 is 2.21 bits per heavy atom. The molecular weight excluding hydrogens is 268 g/mol. The third kappa shape index (κ3) is 4.51. The van der Waals surface area contributed by atoms with Gasteiger partial charge in [-0.05, 0) is 13.3 Å². The number of carboxylic acid groups (broad SMARTS) is 1. The van der Waals surface area contributed by atoms with Crippen LogP contribution in [0, 0.1) is 6.92 Å². The number of rotatable bonds is 7. The number of hydrogen-bond donors (Lipinski definition) is 2. The molecule has 1 aromatic heterocycles. The topological polar surface area (TPSA) is 88.4 Å². The highest BCUT2D eigenvalue weighted by Gasteiger charge is 2.19. The smallest absolute Gasteiger partial charge is 0.326 e. The Hall–Kier alpha value is -1.63. The van der Waals surface area contributed by atoms with Crippen molar-refractivity contribution in [3.05, 3.63) is 20.7 Å². The van der Waals surface area contributed by atoms with Crippen LogP contribution in [0.1, 0.15) is 31.9 Å². The molecule has 0 aliphatic rings. The maximum absolute atomic E-state index is 11.8. The van der Waals surface area contributed by atoms with Crippen molar-refractivity contribution in [2.45, 2.75) is 45.7 Å². The molecule has 0 unspecified atom stereocenters. The Bertz CT molecular complexity index is 506. The molecule has 2 N–H and O–H groups in total. The second-order valence-electron chi connectivity index (χ2n) is 4.33. The monoisotopic (exact) mass is 286 g/mol. The van der Waals surface area contributed by atoms with Gasteiger partial charge < -0.3 is 10.4 Å². The summed E-state index contributed by atoms with van der Waals surface area (Å²) >= 11 is 1.02. The van der Waals surface area contributed by atoms with Crippen molar-refractivity contribution >= 4 is 23.2 Å². The zero-order chi connectivity index (χ0) is 14.4. The van der Waals surface area contributed by atoms with E-state index in [4.69, 9.17) is 5.11 Å². The van der Waals surface area contributed by atoms with Gasteiger partial charge in [0.25, 0.3) is 0 Å². The van der Waals surface area contributed by atoms with E-state index in [1.807, 2.05) is 6.92 Å². The van der Waals surface area contributed by atoms with Crippen LogP contribution in [-0.2, 0) is 16.1 Å². The second kappa shape index (κ2) is 7.08. The van der Waals surface area contributed by atoms with Crippen molar-refractivity contribution in [2.24, 2.45) is 0 Å². The van der Waals surface area contributed by atoms with Crippen LogP contribution >= 0.6 is 11.3 Å². The van der Waals surface area contributed by atoms with Crippen LogP contribution < -0.4 is 10.2 Å². The van der Waals surface area contributed by atoms with Gasteiger partial charge in [-0.25, -0.2) is 4.79 Å². The van der Waals surface area contributed by atoms with E-state index in [2.05, 4.69) is 5.32 Å². The molecule has 1 atom stereocenters. The lowest BCUT2D eigenvalue weighted by molar-refractivity contribution is -0.142. The van der Waals surface area contributed by atoms with Gasteiger partial charge in [-0.3, -0.25) is 14.2 Å². The number of amides is 1. The van der Waals surface area contributed by atoms with Crippen LogP contribution in [0.4, 0.5) is 0 Å². The number of carboxylic acids is 1. The second-order valence-corrected chi connectivity index (χ2v) is 5.15. The van der Waals surface area contributed by atoms with Crippen molar-refractivity contribution in [3.63, 3.8) is 0 Å². The number of carbonyl (C=O) groups excluding carboxylic acids is 1.